The van der Waals surface area contributed by atoms with Crippen molar-refractivity contribution < 1.29 is 14.6 Å². The smallest absolute Gasteiger partial charge is 0.312 e. The minimum absolute atomic E-state index is 0.201. The molecule has 1 aromatic carbocycles. The second-order valence-corrected chi connectivity index (χ2v) is 4.83. The summed E-state index contributed by atoms with van der Waals surface area (Å²) in [6, 6.07) is 6.86. The van der Waals surface area contributed by atoms with Crippen LogP contribution in [0.25, 0.3) is 0 Å². The second-order valence-electron chi connectivity index (χ2n) is 3.92. The molecule has 0 aliphatic heterocycles. The Kier molecular flexibility index (Phi) is 7.24. The third-order valence-corrected chi connectivity index (χ3v) is 2.71. The summed E-state index contributed by atoms with van der Waals surface area (Å²) in [5, 5.41) is 15.1. The van der Waals surface area contributed by atoms with Crippen LogP contribution < -0.4 is 21.1 Å². The molecule has 106 valence electrons. The van der Waals surface area contributed by atoms with Gasteiger partial charge in [-0.1, -0.05) is 22.0 Å². The van der Waals surface area contributed by atoms with E-state index in [1.807, 2.05) is 24.3 Å². The first-order valence-corrected chi connectivity index (χ1v) is 6.67. The van der Waals surface area contributed by atoms with Crippen molar-refractivity contribution in [3.05, 3.63) is 28.7 Å². The van der Waals surface area contributed by atoms with Crippen molar-refractivity contribution in [3.8, 4) is 5.75 Å². The molecule has 6 nitrogen and oxygen atoms in total. The van der Waals surface area contributed by atoms with E-state index in [0.29, 0.717) is 25.4 Å². The third kappa shape index (κ3) is 7.66. The topological polar surface area (TPSA) is 96.6 Å². The number of nitrogens with one attached hydrogen (secondary N) is 2. The standard InChI is InChI=1S/C12H18BrN3O3/c13-9-2-1-3-11(6-9)19-8-10(17)7-15-4-5-16-12(14)18/h1-3,6,10,15,17H,4-5,7-8H2,(H3,14,16,18). The number of benzene rings is 1. The predicted octanol–water partition coefficient (Wildman–Crippen LogP) is 0.447. The number of carbonyl (C=O) groups excluding carboxylic acids is 1. The van der Waals surface area contributed by atoms with Gasteiger partial charge in [0.1, 0.15) is 18.5 Å². The largest absolute Gasteiger partial charge is 0.491 e. The first-order valence-electron chi connectivity index (χ1n) is 5.88. The summed E-state index contributed by atoms with van der Waals surface area (Å²) in [6.45, 7) is 1.55. The number of carbonyl (C=O) groups is 1. The number of primary amides is 1. The van der Waals surface area contributed by atoms with Crippen LogP contribution in [0, 0.1) is 0 Å². The Bertz CT molecular complexity index is 404. The molecule has 1 unspecified atom stereocenters. The summed E-state index contributed by atoms with van der Waals surface area (Å²) in [5.41, 5.74) is 4.91. The SMILES string of the molecule is NC(=O)NCCNCC(O)COc1cccc(Br)c1. The van der Waals surface area contributed by atoms with Gasteiger partial charge < -0.3 is 26.2 Å². The Labute approximate surface area is 120 Å². The maximum Gasteiger partial charge on any atom is 0.312 e. The lowest BCUT2D eigenvalue weighted by Crippen LogP contribution is -2.38. The summed E-state index contributed by atoms with van der Waals surface area (Å²) in [4.78, 5) is 10.4. The van der Waals surface area contributed by atoms with Crippen molar-refractivity contribution in [2.75, 3.05) is 26.2 Å². The Morgan fingerprint density at radius 2 is 2.26 bits per heavy atom. The number of hydrogen-bond acceptors (Lipinski definition) is 4. The molecular formula is C12H18BrN3O3. The van der Waals surface area contributed by atoms with Crippen molar-refractivity contribution in [2.45, 2.75) is 6.10 Å². The highest BCUT2D eigenvalue weighted by Gasteiger charge is 2.05. The number of rotatable bonds is 8. The van der Waals surface area contributed by atoms with Gasteiger partial charge in [-0.15, -0.1) is 0 Å². The van der Waals surface area contributed by atoms with Gasteiger partial charge in [0, 0.05) is 24.1 Å². The van der Waals surface area contributed by atoms with E-state index < -0.39 is 12.1 Å². The van der Waals surface area contributed by atoms with E-state index in [1.165, 1.54) is 0 Å². The van der Waals surface area contributed by atoms with Crippen molar-refractivity contribution in [2.24, 2.45) is 5.73 Å². The molecule has 2 amide bonds. The maximum absolute atomic E-state index is 10.4. The Morgan fingerprint density at radius 1 is 1.47 bits per heavy atom. The van der Waals surface area contributed by atoms with Crippen LogP contribution in [0.3, 0.4) is 0 Å². The number of aliphatic hydroxyl groups excluding tert-OH is 1. The molecule has 0 radical (unpaired) electrons. The third-order valence-electron chi connectivity index (χ3n) is 2.22. The van der Waals surface area contributed by atoms with Crippen LogP contribution in [0.4, 0.5) is 4.79 Å². The Balaban J connectivity index is 2.11. The van der Waals surface area contributed by atoms with E-state index in [4.69, 9.17) is 10.5 Å². The molecule has 0 aliphatic carbocycles. The van der Waals surface area contributed by atoms with E-state index in [0.717, 1.165) is 4.47 Å². The predicted molar refractivity (Wildman–Crippen MR) is 76.1 cm³/mol. The number of halogens is 1. The normalized spacial score (nSPS) is 11.9. The number of amides is 2. The minimum atomic E-state index is -0.618. The highest BCUT2D eigenvalue weighted by molar-refractivity contribution is 9.10. The van der Waals surface area contributed by atoms with Crippen LogP contribution in [0.2, 0.25) is 0 Å². The van der Waals surface area contributed by atoms with Gasteiger partial charge in [-0.2, -0.15) is 0 Å². The number of urea groups is 1. The molecule has 0 saturated carbocycles. The Hall–Kier alpha value is -1.31. The zero-order chi connectivity index (χ0) is 14.1. The van der Waals surface area contributed by atoms with Gasteiger partial charge in [0.25, 0.3) is 0 Å². The quantitative estimate of drug-likeness (QED) is 0.520. The molecule has 0 spiro atoms. The van der Waals surface area contributed by atoms with Crippen LogP contribution >= 0.6 is 15.9 Å². The average molecular weight is 332 g/mol. The van der Waals surface area contributed by atoms with E-state index in [9.17, 15) is 9.90 Å². The molecule has 0 aromatic heterocycles. The number of aliphatic hydroxyl groups is 1. The molecule has 5 N–H and O–H groups in total. The van der Waals surface area contributed by atoms with Gasteiger partial charge >= 0.3 is 6.03 Å². The zero-order valence-electron chi connectivity index (χ0n) is 10.4. The summed E-state index contributed by atoms with van der Waals surface area (Å²) < 4.78 is 6.36. The zero-order valence-corrected chi connectivity index (χ0v) is 12.0. The first kappa shape index (κ1) is 15.7. The first-order chi connectivity index (χ1) is 9.08. The van der Waals surface area contributed by atoms with Gasteiger partial charge in [0.05, 0.1) is 0 Å². The van der Waals surface area contributed by atoms with Crippen LogP contribution in [0.1, 0.15) is 0 Å². The van der Waals surface area contributed by atoms with E-state index in [2.05, 4.69) is 26.6 Å². The molecule has 0 saturated heterocycles. The fourth-order valence-corrected chi connectivity index (χ4v) is 1.73. The Morgan fingerprint density at radius 3 is 2.95 bits per heavy atom. The lowest BCUT2D eigenvalue weighted by atomic mass is 10.3. The van der Waals surface area contributed by atoms with Crippen molar-refractivity contribution >= 4 is 22.0 Å². The van der Waals surface area contributed by atoms with Crippen LogP contribution in [-0.4, -0.2) is 43.5 Å². The average Bonchev–Trinajstić information content (AvgIpc) is 2.35. The summed E-state index contributed by atoms with van der Waals surface area (Å²) in [5.74, 6) is 0.698. The summed E-state index contributed by atoms with van der Waals surface area (Å²) >= 11 is 3.34. The number of ether oxygens (including phenoxy) is 1. The fraction of sp³-hybridized carbons (Fsp3) is 0.417. The fourth-order valence-electron chi connectivity index (χ4n) is 1.35. The molecule has 1 rings (SSSR count). The van der Waals surface area contributed by atoms with Gasteiger partial charge in [0.2, 0.25) is 0 Å². The maximum atomic E-state index is 10.4. The molecule has 0 bridgehead atoms. The van der Waals surface area contributed by atoms with Crippen LogP contribution in [0.5, 0.6) is 5.75 Å². The van der Waals surface area contributed by atoms with Crippen LogP contribution in [0.15, 0.2) is 28.7 Å². The second kappa shape index (κ2) is 8.73. The molecule has 0 heterocycles. The summed E-state index contributed by atoms with van der Waals surface area (Å²) in [6.07, 6.45) is -0.618. The molecular weight excluding hydrogens is 314 g/mol. The van der Waals surface area contributed by atoms with Gasteiger partial charge in [0.15, 0.2) is 0 Å². The lowest BCUT2D eigenvalue weighted by molar-refractivity contribution is 0.106. The number of nitrogens with two attached hydrogens (primary N) is 1. The highest BCUT2D eigenvalue weighted by Crippen LogP contribution is 2.17. The number of hydrogen-bond donors (Lipinski definition) is 4. The molecule has 0 fully saturated rings. The molecule has 1 atom stereocenters. The molecule has 1 aromatic rings. The highest BCUT2D eigenvalue weighted by atomic mass is 79.9. The van der Waals surface area contributed by atoms with E-state index in [1.54, 1.807) is 0 Å². The monoisotopic (exact) mass is 331 g/mol. The van der Waals surface area contributed by atoms with Gasteiger partial charge in [-0.05, 0) is 18.2 Å². The van der Waals surface area contributed by atoms with Crippen LogP contribution in [-0.2, 0) is 0 Å². The minimum Gasteiger partial charge on any atom is -0.491 e. The lowest BCUT2D eigenvalue weighted by Gasteiger charge is -2.13. The van der Waals surface area contributed by atoms with Crippen molar-refractivity contribution in [3.63, 3.8) is 0 Å². The van der Waals surface area contributed by atoms with Gasteiger partial charge in [-0.3, -0.25) is 0 Å². The molecule has 7 heteroatoms. The molecule has 19 heavy (non-hydrogen) atoms. The van der Waals surface area contributed by atoms with Crippen molar-refractivity contribution in [1.29, 1.82) is 0 Å². The van der Waals surface area contributed by atoms with Crippen molar-refractivity contribution in [1.82, 2.24) is 10.6 Å². The molecule has 0 aliphatic rings. The summed E-state index contributed by atoms with van der Waals surface area (Å²) in [7, 11) is 0. The van der Waals surface area contributed by atoms with E-state index in [-0.39, 0.29) is 6.61 Å². The van der Waals surface area contributed by atoms with E-state index >= 15 is 0 Å². The van der Waals surface area contributed by atoms with Gasteiger partial charge in [-0.25, -0.2) is 4.79 Å².